The Labute approximate surface area is 141 Å². The van der Waals surface area contributed by atoms with Crippen LogP contribution in [0.2, 0.25) is 0 Å². The molecule has 1 aromatic carbocycles. The van der Waals surface area contributed by atoms with Gasteiger partial charge in [-0.05, 0) is 42.5 Å². The molecular weight excluding hydrogens is 304 g/mol. The Morgan fingerprint density at radius 1 is 1.29 bits per heavy atom. The number of allylic oxidation sites excluding steroid dienone is 2. The smallest absolute Gasteiger partial charge is 0.166 e. The average molecular weight is 326 g/mol. The fraction of sp³-hybridized carbons (Fsp3) is 0.474. The zero-order chi connectivity index (χ0) is 16.8. The van der Waals surface area contributed by atoms with Crippen LogP contribution in [0.15, 0.2) is 34.6 Å². The summed E-state index contributed by atoms with van der Waals surface area (Å²) in [7, 11) is 1.68. The summed E-state index contributed by atoms with van der Waals surface area (Å²) in [6, 6.07) is 6.33. The highest BCUT2D eigenvalue weighted by Gasteiger charge is 2.44. The van der Waals surface area contributed by atoms with E-state index in [0.717, 1.165) is 37.3 Å². The number of ketones is 1. The third kappa shape index (κ3) is 2.07. The summed E-state index contributed by atoms with van der Waals surface area (Å²) in [6.07, 6.45) is 3.25. The van der Waals surface area contributed by atoms with E-state index < -0.39 is 0 Å². The van der Waals surface area contributed by atoms with Crippen LogP contribution in [-0.2, 0) is 11.2 Å². The van der Waals surface area contributed by atoms with Gasteiger partial charge in [-0.2, -0.15) is 0 Å². The minimum absolute atomic E-state index is 0.0248. The molecule has 0 spiro atoms. The molecule has 1 N–H and O–H groups in total. The highest BCUT2D eigenvalue weighted by atomic mass is 16.5. The molecule has 5 nitrogen and oxygen atoms in total. The van der Waals surface area contributed by atoms with Crippen molar-refractivity contribution in [2.75, 3.05) is 13.7 Å². The molecule has 2 atom stereocenters. The number of carbonyl (C=O) groups excluding carboxylic acids is 1. The molecule has 1 aliphatic carbocycles. The van der Waals surface area contributed by atoms with Crippen molar-refractivity contribution in [2.45, 2.75) is 38.6 Å². The summed E-state index contributed by atoms with van der Waals surface area (Å²) >= 11 is 0. The lowest BCUT2D eigenvalue weighted by Gasteiger charge is -2.48. The number of fused-ring (bicyclic) bond motifs is 4. The zero-order valence-corrected chi connectivity index (χ0v) is 14.1. The summed E-state index contributed by atoms with van der Waals surface area (Å²) in [6.45, 7) is 2.94. The van der Waals surface area contributed by atoms with E-state index in [2.05, 4.69) is 29.1 Å². The Hall–Kier alpha value is -2.30. The fourth-order valence-electron chi connectivity index (χ4n) is 4.53. The van der Waals surface area contributed by atoms with Crippen LogP contribution in [0.3, 0.4) is 0 Å². The van der Waals surface area contributed by atoms with E-state index in [1.807, 2.05) is 6.07 Å². The number of hydrogen-bond acceptors (Lipinski definition) is 5. The monoisotopic (exact) mass is 326 g/mol. The second kappa shape index (κ2) is 5.65. The molecule has 0 radical (unpaired) electrons. The minimum Gasteiger partial charge on any atom is -0.497 e. The van der Waals surface area contributed by atoms with Crippen LogP contribution in [0.5, 0.6) is 5.75 Å². The lowest BCUT2D eigenvalue weighted by Crippen LogP contribution is -2.47. The number of ether oxygens (including phenoxy) is 1. The van der Waals surface area contributed by atoms with Gasteiger partial charge < -0.3 is 14.8 Å². The molecule has 2 heterocycles. The van der Waals surface area contributed by atoms with Crippen LogP contribution < -0.4 is 4.74 Å². The van der Waals surface area contributed by atoms with Crippen LogP contribution >= 0.6 is 0 Å². The highest BCUT2D eigenvalue weighted by Crippen LogP contribution is 2.46. The molecule has 2 aliphatic heterocycles. The van der Waals surface area contributed by atoms with Gasteiger partial charge in [0.1, 0.15) is 5.75 Å². The van der Waals surface area contributed by atoms with Crippen LogP contribution in [0.4, 0.5) is 0 Å². The molecular formula is C19H22N2O3. The first-order chi connectivity index (χ1) is 11.7. The minimum atomic E-state index is -0.0248. The van der Waals surface area contributed by atoms with Crippen LogP contribution in [0, 0.1) is 5.92 Å². The van der Waals surface area contributed by atoms with Crippen molar-refractivity contribution in [3.05, 3.63) is 40.6 Å². The summed E-state index contributed by atoms with van der Waals surface area (Å²) in [5.74, 6) is 0.965. The number of nitrogens with zero attached hydrogens (tertiary/aromatic N) is 2. The topological polar surface area (TPSA) is 62.1 Å². The molecule has 0 unspecified atom stereocenters. The van der Waals surface area contributed by atoms with E-state index in [4.69, 9.17) is 4.74 Å². The molecule has 4 rings (SSSR count). The molecule has 0 saturated carbocycles. The van der Waals surface area contributed by atoms with Gasteiger partial charge in [-0.1, -0.05) is 18.1 Å². The molecule has 1 aromatic rings. The Kier molecular flexibility index (Phi) is 3.59. The largest absolute Gasteiger partial charge is 0.497 e. The molecule has 24 heavy (non-hydrogen) atoms. The van der Waals surface area contributed by atoms with E-state index in [0.29, 0.717) is 17.7 Å². The predicted octanol–water partition coefficient (Wildman–Crippen LogP) is 3.08. The quantitative estimate of drug-likeness (QED) is 0.636. The first kappa shape index (κ1) is 15.2. The number of rotatable bonds is 1. The normalized spacial score (nSPS) is 27.7. The maximum atomic E-state index is 12.5. The van der Waals surface area contributed by atoms with E-state index >= 15 is 0 Å². The maximum absolute atomic E-state index is 12.5. The van der Waals surface area contributed by atoms with Gasteiger partial charge >= 0.3 is 0 Å². The van der Waals surface area contributed by atoms with Gasteiger partial charge in [0.25, 0.3) is 0 Å². The van der Waals surface area contributed by atoms with E-state index in [1.165, 1.54) is 11.1 Å². The number of methoxy groups -OCH3 is 1. The van der Waals surface area contributed by atoms with Gasteiger partial charge in [-0.15, -0.1) is 0 Å². The third-order valence-electron chi connectivity index (χ3n) is 5.63. The van der Waals surface area contributed by atoms with Gasteiger partial charge in [-0.25, -0.2) is 0 Å². The first-order valence-electron chi connectivity index (χ1n) is 8.57. The Morgan fingerprint density at radius 2 is 2.12 bits per heavy atom. The SMILES string of the molecule is COc1ccc2c(c1)CCN1C3=C(C(=O)CCC3)/C(=N\O)[C@H](C)[C@@H]21. The molecule has 0 saturated heterocycles. The molecule has 126 valence electrons. The van der Waals surface area contributed by atoms with Crippen LogP contribution in [0.1, 0.15) is 43.4 Å². The highest BCUT2D eigenvalue weighted by molar-refractivity contribution is 6.24. The maximum Gasteiger partial charge on any atom is 0.166 e. The van der Waals surface area contributed by atoms with Crippen molar-refractivity contribution in [3.8, 4) is 5.75 Å². The van der Waals surface area contributed by atoms with Gasteiger partial charge in [-0.3, -0.25) is 4.79 Å². The average Bonchev–Trinajstić information content (AvgIpc) is 2.61. The first-order valence-corrected chi connectivity index (χ1v) is 8.57. The number of carbonyl (C=O) groups is 1. The fourth-order valence-corrected chi connectivity index (χ4v) is 4.53. The number of benzene rings is 1. The summed E-state index contributed by atoms with van der Waals surface area (Å²) < 4.78 is 5.35. The standard InChI is InChI=1S/C19H22N2O3/c1-11-18(20-23)17-15(4-3-5-16(17)22)21-9-8-12-10-13(24-2)6-7-14(12)19(11)21/h6-7,10-11,19,23H,3-5,8-9H2,1-2H3/b20-18-/t11-,19-/m0/s1. The lowest BCUT2D eigenvalue weighted by atomic mass is 9.74. The van der Waals surface area contributed by atoms with Gasteiger partial charge in [0.15, 0.2) is 5.78 Å². The van der Waals surface area contributed by atoms with Crippen LogP contribution in [0.25, 0.3) is 0 Å². The summed E-state index contributed by atoms with van der Waals surface area (Å²) in [5, 5.41) is 13.1. The number of oxime groups is 1. The molecule has 0 aromatic heterocycles. The van der Waals surface area contributed by atoms with Gasteiger partial charge in [0.05, 0.1) is 24.4 Å². The Bertz CT molecular complexity index is 766. The summed E-state index contributed by atoms with van der Waals surface area (Å²) in [4.78, 5) is 14.8. The zero-order valence-electron chi connectivity index (χ0n) is 14.1. The van der Waals surface area contributed by atoms with Gasteiger partial charge in [0, 0.05) is 24.6 Å². The molecule has 0 amide bonds. The van der Waals surface area contributed by atoms with Crippen molar-refractivity contribution in [2.24, 2.45) is 11.1 Å². The molecule has 0 fully saturated rings. The Balaban J connectivity index is 1.86. The van der Waals surface area contributed by atoms with Crippen LogP contribution in [-0.4, -0.2) is 35.3 Å². The van der Waals surface area contributed by atoms with Crippen molar-refractivity contribution in [1.29, 1.82) is 0 Å². The predicted molar refractivity (Wildman–Crippen MR) is 90.4 cm³/mol. The molecule has 5 heteroatoms. The van der Waals surface area contributed by atoms with Crippen molar-refractivity contribution >= 4 is 11.5 Å². The Morgan fingerprint density at radius 3 is 2.88 bits per heavy atom. The second-order valence-electron chi connectivity index (χ2n) is 6.83. The van der Waals surface area contributed by atoms with E-state index in [-0.39, 0.29) is 17.7 Å². The number of hydrogen-bond donors (Lipinski definition) is 1. The lowest BCUT2D eigenvalue weighted by molar-refractivity contribution is -0.116. The second-order valence-corrected chi connectivity index (χ2v) is 6.83. The van der Waals surface area contributed by atoms with Crippen molar-refractivity contribution in [3.63, 3.8) is 0 Å². The van der Waals surface area contributed by atoms with Crippen molar-refractivity contribution < 1.29 is 14.7 Å². The van der Waals surface area contributed by atoms with Gasteiger partial charge in [0.2, 0.25) is 0 Å². The third-order valence-corrected chi connectivity index (χ3v) is 5.63. The number of Topliss-reactive ketones (excluding diaryl/α,β-unsaturated/α-hetero) is 1. The molecule has 0 bridgehead atoms. The van der Waals surface area contributed by atoms with E-state index in [1.54, 1.807) is 7.11 Å². The molecule has 3 aliphatic rings. The van der Waals surface area contributed by atoms with E-state index in [9.17, 15) is 10.0 Å². The summed E-state index contributed by atoms with van der Waals surface area (Å²) in [5.41, 5.74) is 4.83. The van der Waals surface area contributed by atoms with Crippen molar-refractivity contribution in [1.82, 2.24) is 4.90 Å².